The summed E-state index contributed by atoms with van der Waals surface area (Å²) >= 11 is 6.26. The second-order valence-electron chi connectivity index (χ2n) is 3.09. The summed E-state index contributed by atoms with van der Waals surface area (Å²) < 4.78 is 5.23. The van der Waals surface area contributed by atoms with E-state index in [-0.39, 0.29) is 12.2 Å². The fourth-order valence-corrected chi connectivity index (χ4v) is 2.23. The number of ether oxygens (including phenoxy) is 1. The Kier molecular flexibility index (Phi) is 4.95. The van der Waals surface area contributed by atoms with Crippen molar-refractivity contribution in [2.45, 2.75) is 6.42 Å². The summed E-state index contributed by atoms with van der Waals surface area (Å²) in [4.78, 5) is 22.2. The number of hydrogen-bond donors (Lipinski definition) is 2. The molecule has 0 aromatic heterocycles. The Balaban J connectivity index is 2.76. The predicted octanol–water partition coefficient (Wildman–Crippen LogP) is 2.42. The summed E-state index contributed by atoms with van der Waals surface area (Å²) in [5, 5.41) is 12.0. The minimum absolute atomic E-state index is 0.0379. The molecule has 0 saturated heterocycles. The predicted molar refractivity (Wildman–Crippen MR) is 68.8 cm³/mol. The maximum atomic E-state index is 11.4. The Morgan fingerprint density at radius 2 is 1.88 bits per heavy atom. The highest BCUT2D eigenvalue weighted by atomic mass is 79.9. The number of hydrogen-bond acceptors (Lipinski definition) is 4. The van der Waals surface area contributed by atoms with Gasteiger partial charge in [0.05, 0.1) is 16.1 Å². The van der Waals surface area contributed by atoms with Crippen molar-refractivity contribution in [2.24, 2.45) is 0 Å². The fourth-order valence-electron chi connectivity index (χ4n) is 1.05. The van der Waals surface area contributed by atoms with Crippen molar-refractivity contribution in [1.82, 2.24) is 0 Å². The third-order valence-corrected chi connectivity index (χ3v) is 3.04. The van der Waals surface area contributed by atoms with E-state index in [0.717, 1.165) is 0 Å². The van der Waals surface area contributed by atoms with Crippen LogP contribution in [0.5, 0.6) is 5.75 Å². The fraction of sp³-hybridized carbons (Fsp3) is 0.200. The molecule has 0 unspecified atom stereocenters. The highest BCUT2D eigenvalue weighted by Crippen LogP contribution is 2.35. The van der Waals surface area contributed by atoms with E-state index in [4.69, 9.17) is 0 Å². The quantitative estimate of drug-likeness (QED) is 0.489. The number of aromatic hydroxyl groups is 1. The number of rotatable bonds is 3. The molecule has 0 aliphatic rings. The third-order valence-electron chi connectivity index (χ3n) is 1.83. The van der Waals surface area contributed by atoms with Crippen LogP contribution in [0.3, 0.4) is 0 Å². The molecule has 0 heterocycles. The molecule has 0 aliphatic heterocycles. The first-order valence-corrected chi connectivity index (χ1v) is 6.07. The maximum absolute atomic E-state index is 11.4. The van der Waals surface area contributed by atoms with E-state index in [2.05, 4.69) is 41.9 Å². The van der Waals surface area contributed by atoms with Gasteiger partial charge in [-0.2, -0.15) is 0 Å². The first-order valence-electron chi connectivity index (χ1n) is 4.48. The molecule has 0 atom stereocenters. The number of methoxy groups -OCH3 is 1. The van der Waals surface area contributed by atoms with Crippen LogP contribution in [0.15, 0.2) is 21.1 Å². The number of phenols is 1. The van der Waals surface area contributed by atoms with Crippen LogP contribution < -0.4 is 5.32 Å². The highest BCUT2D eigenvalue weighted by molar-refractivity contribution is 9.11. The molecule has 7 heteroatoms. The summed E-state index contributed by atoms with van der Waals surface area (Å²) in [6.45, 7) is 0. The largest absolute Gasteiger partial charge is 0.506 e. The summed E-state index contributed by atoms with van der Waals surface area (Å²) in [5.41, 5.74) is 0.454. The van der Waals surface area contributed by atoms with E-state index >= 15 is 0 Å². The molecule has 2 N–H and O–H groups in total. The number of anilines is 1. The molecule has 0 bridgehead atoms. The smallest absolute Gasteiger partial charge is 0.315 e. The second kappa shape index (κ2) is 6.02. The number of nitrogens with one attached hydrogen (secondary N) is 1. The average molecular weight is 367 g/mol. The second-order valence-corrected chi connectivity index (χ2v) is 4.80. The average Bonchev–Trinajstić information content (AvgIpc) is 2.25. The number of amides is 1. The molecule has 1 aromatic carbocycles. The normalized spacial score (nSPS) is 9.82. The lowest BCUT2D eigenvalue weighted by atomic mass is 10.3. The molecule has 1 rings (SSSR count). The molecule has 92 valence electrons. The van der Waals surface area contributed by atoms with Crippen molar-refractivity contribution >= 4 is 49.4 Å². The first kappa shape index (κ1) is 14.0. The lowest BCUT2D eigenvalue weighted by molar-refractivity contribution is -0.142. The Bertz CT molecular complexity index is 439. The van der Waals surface area contributed by atoms with Gasteiger partial charge in [0.1, 0.15) is 12.2 Å². The van der Waals surface area contributed by atoms with Crippen molar-refractivity contribution in [1.29, 1.82) is 0 Å². The zero-order valence-electron chi connectivity index (χ0n) is 8.79. The van der Waals surface area contributed by atoms with Gasteiger partial charge in [0.2, 0.25) is 5.91 Å². The van der Waals surface area contributed by atoms with Gasteiger partial charge in [-0.1, -0.05) is 0 Å². The summed E-state index contributed by atoms with van der Waals surface area (Å²) in [6.07, 6.45) is -0.355. The van der Waals surface area contributed by atoms with Gasteiger partial charge in [-0.15, -0.1) is 0 Å². The molecule has 17 heavy (non-hydrogen) atoms. The molecule has 0 spiro atoms. The van der Waals surface area contributed by atoms with Crippen LogP contribution in [0.1, 0.15) is 6.42 Å². The van der Waals surface area contributed by atoms with E-state index in [0.29, 0.717) is 14.6 Å². The number of esters is 1. The molecule has 1 aromatic rings. The van der Waals surface area contributed by atoms with E-state index in [1.54, 1.807) is 0 Å². The van der Waals surface area contributed by atoms with E-state index < -0.39 is 11.9 Å². The lowest BCUT2D eigenvalue weighted by Gasteiger charge is -2.07. The van der Waals surface area contributed by atoms with E-state index in [1.165, 1.54) is 19.2 Å². The van der Waals surface area contributed by atoms with Crippen LogP contribution in [-0.4, -0.2) is 24.1 Å². The number of carbonyl (C=O) groups excluding carboxylic acids is 2. The van der Waals surface area contributed by atoms with Crippen molar-refractivity contribution in [3.63, 3.8) is 0 Å². The van der Waals surface area contributed by atoms with Gasteiger partial charge in [0, 0.05) is 5.69 Å². The van der Waals surface area contributed by atoms with Crippen LogP contribution in [0.25, 0.3) is 0 Å². The number of carbonyl (C=O) groups is 2. The Labute approximate surface area is 114 Å². The van der Waals surface area contributed by atoms with Gasteiger partial charge in [0.15, 0.2) is 0 Å². The first-order chi connectivity index (χ1) is 7.93. The van der Waals surface area contributed by atoms with Crippen LogP contribution in [0, 0.1) is 0 Å². The zero-order chi connectivity index (χ0) is 13.0. The van der Waals surface area contributed by atoms with Gasteiger partial charge >= 0.3 is 5.97 Å². The third kappa shape index (κ3) is 4.01. The van der Waals surface area contributed by atoms with Crippen LogP contribution in [0.2, 0.25) is 0 Å². The monoisotopic (exact) mass is 365 g/mol. The van der Waals surface area contributed by atoms with Gasteiger partial charge < -0.3 is 15.2 Å². The molecule has 0 fully saturated rings. The molecule has 0 saturated carbocycles. The summed E-state index contributed by atoms with van der Waals surface area (Å²) in [7, 11) is 1.21. The maximum Gasteiger partial charge on any atom is 0.315 e. The molecule has 0 radical (unpaired) electrons. The number of halogens is 2. The standard InChI is InChI=1S/C10H9Br2NO4/c1-17-9(15)4-8(14)13-5-2-6(11)10(16)7(12)3-5/h2-3,16H,4H2,1H3,(H,13,14). The molecular formula is C10H9Br2NO4. The van der Waals surface area contributed by atoms with Gasteiger partial charge in [-0.05, 0) is 44.0 Å². The Morgan fingerprint density at radius 3 is 2.35 bits per heavy atom. The zero-order valence-corrected chi connectivity index (χ0v) is 12.0. The Morgan fingerprint density at radius 1 is 1.35 bits per heavy atom. The minimum Gasteiger partial charge on any atom is -0.506 e. The van der Waals surface area contributed by atoms with Crippen LogP contribution in [0.4, 0.5) is 5.69 Å². The van der Waals surface area contributed by atoms with Crippen molar-refractivity contribution < 1.29 is 19.4 Å². The SMILES string of the molecule is COC(=O)CC(=O)Nc1cc(Br)c(O)c(Br)c1. The highest BCUT2D eigenvalue weighted by Gasteiger charge is 2.11. The van der Waals surface area contributed by atoms with Crippen LogP contribution in [-0.2, 0) is 14.3 Å². The van der Waals surface area contributed by atoms with Gasteiger partial charge in [-0.3, -0.25) is 9.59 Å². The number of phenolic OH excluding ortho intramolecular Hbond substituents is 1. The van der Waals surface area contributed by atoms with Gasteiger partial charge in [-0.25, -0.2) is 0 Å². The molecule has 5 nitrogen and oxygen atoms in total. The lowest BCUT2D eigenvalue weighted by Crippen LogP contribution is -2.17. The molecule has 1 amide bonds. The molecule has 0 aliphatic carbocycles. The Hall–Kier alpha value is -1.08. The minimum atomic E-state index is -0.612. The number of benzene rings is 1. The molecular weight excluding hydrogens is 358 g/mol. The van der Waals surface area contributed by atoms with Crippen LogP contribution >= 0.6 is 31.9 Å². The topological polar surface area (TPSA) is 75.6 Å². The van der Waals surface area contributed by atoms with E-state index in [1.807, 2.05) is 0 Å². The summed E-state index contributed by atoms with van der Waals surface area (Å²) in [5.74, 6) is -1.06. The summed E-state index contributed by atoms with van der Waals surface area (Å²) in [6, 6.07) is 3.05. The van der Waals surface area contributed by atoms with Crippen molar-refractivity contribution in [3.05, 3.63) is 21.1 Å². The van der Waals surface area contributed by atoms with Gasteiger partial charge in [0.25, 0.3) is 0 Å². The van der Waals surface area contributed by atoms with E-state index in [9.17, 15) is 14.7 Å². The van der Waals surface area contributed by atoms with Crippen molar-refractivity contribution in [3.8, 4) is 5.75 Å². The van der Waals surface area contributed by atoms with Crippen molar-refractivity contribution in [2.75, 3.05) is 12.4 Å².